The van der Waals surface area contributed by atoms with Crippen molar-refractivity contribution in [1.29, 1.82) is 0 Å². The number of hydrogen-bond donors (Lipinski definition) is 0. The van der Waals surface area contributed by atoms with Crippen LogP contribution in [0.25, 0.3) is 0 Å². The van der Waals surface area contributed by atoms with Crippen molar-refractivity contribution in [3.63, 3.8) is 0 Å². The summed E-state index contributed by atoms with van der Waals surface area (Å²) in [5.41, 5.74) is 0. The van der Waals surface area contributed by atoms with Crippen LogP contribution >= 0.6 is 0 Å². The average molecular weight is 309 g/mol. The van der Waals surface area contributed by atoms with E-state index in [2.05, 4.69) is 7.44 Å². The van der Waals surface area contributed by atoms with Gasteiger partial charge >= 0.3 is 86.6 Å². The normalized spacial score (nSPS) is 1.33. The molecule has 0 spiro atoms. The molecule has 0 fully saturated rings. The van der Waals surface area contributed by atoms with E-state index in [1.165, 1.54) is 0 Å². The van der Waals surface area contributed by atoms with E-state index in [0.29, 0.717) is 0 Å². The first-order valence-electron chi connectivity index (χ1n) is 0.577. The van der Waals surface area contributed by atoms with Crippen molar-refractivity contribution in [2.24, 2.45) is 0 Å². The molecule has 0 N–H and O–H groups in total. The fourth-order valence-corrected chi connectivity index (χ4v) is 0. The summed E-state index contributed by atoms with van der Waals surface area (Å²) in [6.07, 6.45) is 0. The third kappa shape index (κ3) is 24.2. The van der Waals surface area contributed by atoms with Crippen molar-refractivity contribution in [1.82, 2.24) is 0 Å². The molecule has 0 atom stereocenters. The standard InChI is InChI=1S/Al.BH3Si.Ba.Ca.Fe.7H/c;1-2;;;;;;;;;;/h;2H3;;;;;;;;;;/q;;2*+2;;;;;4*-1. The van der Waals surface area contributed by atoms with Crippen molar-refractivity contribution >= 4 is 122 Å². The largest absolute Gasteiger partial charge is 2.00 e. The summed E-state index contributed by atoms with van der Waals surface area (Å²) in [5.74, 6) is 0. The summed E-state index contributed by atoms with van der Waals surface area (Å²) in [6.45, 7) is 0. The second-order valence-electron chi connectivity index (χ2n) is 0. The predicted molar refractivity (Wildman–Crippen MR) is 41.6 cm³/mol. The molecule has 0 aliphatic rings. The average Bonchev–Trinajstić information content (AvgIpc) is 1.00. The fourth-order valence-electron chi connectivity index (χ4n) is 0. The van der Waals surface area contributed by atoms with E-state index in [-0.39, 0.29) is 127 Å². The minimum Gasteiger partial charge on any atom is -1.00 e. The Bertz CT molecular complexity index is 25.2. The van der Waals surface area contributed by atoms with E-state index in [9.17, 15) is 0 Å². The summed E-state index contributed by atoms with van der Waals surface area (Å²) in [5, 5.41) is 0. The summed E-state index contributed by atoms with van der Waals surface area (Å²) >= 11 is 0. The zero-order chi connectivity index (χ0) is 2.00. The van der Waals surface area contributed by atoms with Crippen molar-refractivity contribution < 1.29 is 22.8 Å². The van der Waals surface area contributed by atoms with Crippen LogP contribution in [-0.2, 0) is 17.1 Å². The maximum Gasteiger partial charge on any atom is 2.00 e. The van der Waals surface area contributed by atoms with Gasteiger partial charge in [0.2, 0.25) is 0 Å². The van der Waals surface area contributed by atoms with Gasteiger partial charge < -0.3 is 5.71 Å². The van der Waals surface area contributed by atoms with Gasteiger partial charge in [0.05, 0.1) is 0 Å². The molecule has 0 rings (SSSR count). The van der Waals surface area contributed by atoms with Crippen molar-refractivity contribution in [3.05, 3.63) is 0 Å². The van der Waals surface area contributed by atoms with E-state index in [1.54, 1.807) is 0 Å². The Morgan fingerprint density at radius 1 is 1.33 bits per heavy atom. The molecule has 0 bridgehead atoms. The Morgan fingerprint density at radius 2 is 1.33 bits per heavy atom. The Labute approximate surface area is 141 Å². The van der Waals surface area contributed by atoms with Gasteiger partial charge in [-0.05, 0) is 10.1 Å². The molecule has 0 aliphatic heterocycles. The predicted octanol–water partition coefficient (Wildman–Crippen LogP) is -3.06. The maximum atomic E-state index is 4.64. The summed E-state index contributed by atoms with van der Waals surface area (Å²) < 4.78 is 0. The monoisotopic (exact) mass is 310 g/mol. The first-order chi connectivity index (χ1) is 1.00. The van der Waals surface area contributed by atoms with Crippen LogP contribution in [0.15, 0.2) is 0 Å². The zero-order valence-electron chi connectivity index (χ0n) is 7.35. The van der Waals surface area contributed by atoms with Gasteiger partial charge in [-0.2, -0.15) is 0 Å². The summed E-state index contributed by atoms with van der Waals surface area (Å²) in [4.78, 5) is 0. The van der Waals surface area contributed by atoms with Gasteiger partial charge in [0.15, 0.2) is 17.4 Å². The Hall–Kier alpha value is 4.16. The van der Waals surface area contributed by atoms with Crippen LogP contribution < -0.4 is 0 Å². The molecule has 32 valence electrons. The Morgan fingerprint density at radius 3 is 1.33 bits per heavy atom. The van der Waals surface area contributed by atoms with E-state index < -0.39 is 0 Å². The molecule has 6 heavy (non-hydrogen) atoms. The molecule has 0 aromatic heterocycles. The molecule has 0 unspecified atom stereocenters. The van der Waals surface area contributed by atoms with E-state index in [4.69, 9.17) is 0 Å². The van der Waals surface area contributed by atoms with Crippen LogP contribution in [0.3, 0.4) is 0 Å². The maximum absolute atomic E-state index is 4.64. The third-order valence-electron chi connectivity index (χ3n) is 0. The number of hydrogen-bond acceptors (Lipinski definition) is 0. The molecule has 0 saturated carbocycles. The van der Waals surface area contributed by atoms with Crippen molar-refractivity contribution in [2.75, 3.05) is 0 Å². The number of rotatable bonds is 0. The molecule has 0 amide bonds. The Balaban J connectivity index is -0.000000000179. The molecule has 0 saturated heterocycles. The third-order valence-corrected chi connectivity index (χ3v) is 0. The topological polar surface area (TPSA) is 0 Å². The molecule has 0 heterocycles. The van der Waals surface area contributed by atoms with Gasteiger partial charge in [-0.1, -0.05) is 0 Å². The van der Waals surface area contributed by atoms with Crippen LogP contribution in [0.4, 0.5) is 0 Å². The molecule has 2 radical (unpaired) electrons. The van der Waals surface area contributed by atoms with Crippen LogP contribution in [0.2, 0.25) is 0 Å². The molecule has 0 aromatic rings. The fraction of sp³-hybridized carbons (Fsp3) is 0. The van der Waals surface area contributed by atoms with Crippen LogP contribution in [0.5, 0.6) is 0 Å². The van der Waals surface area contributed by atoms with Gasteiger partial charge in [0, 0.05) is 24.5 Å². The molecule has 6 heteroatoms. The van der Waals surface area contributed by atoms with Crippen LogP contribution in [0, 0.1) is 0 Å². The molecule has 0 nitrogen and oxygen atoms in total. The van der Waals surface area contributed by atoms with Crippen molar-refractivity contribution in [3.8, 4) is 0 Å². The summed E-state index contributed by atoms with van der Waals surface area (Å²) in [6, 6.07) is 0. The molecular weight excluding hydrogens is 299 g/mol. The zero-order valence-corrected chi connectivity index (χ0v) is 13.1. The van der Waals surface area contributed by atoms with E-state index in [1.807, 2.05) is 0 Å². The minimum absolute atomic E-state index is 0. The van der Waals surface area contributed by atoms with Gasteiger partial charge in [0.1, 0.15) is 0 Å². The molecule has 0 aromatic carbocycles. The SMILES string of the molecule is [AlH3].[B][SiH3].[Ba+2].[Ca+2].[Fe].[H-].[H-].[H-].[H-]. The summed E-state index contributed by atoms with van der Waals surface area (Å²) in [7, 11) is 5.44. The van der Waals surface area contributed by atoms with Crippen LogP contribution in [-0.4, -0.2) is 122 Å². The second-order valence-corrected chi connectivity index (χ2v) is 0. The quantitative estimate of drug-likeness (QED) is 0.417. The minimum atomic E-state index is 0. The van der Waals surface area contributed by atoms with Gasteiger partial charge in [-0.25, -0.2) is 0 Å². The van der Waals surface area contributed by atoms with Gasteiger partial charge in [-0.15, -0.1) is 0 Å². The van der Waals surface area contributed by atoms with Crippen molar-refractivity contribution in [2.45, 2.75) is 0 Å². The second kappa shape index (κ2) is 35.2. The smallest absolute Gasteiger partial charge is 1.00 e. The van der Waals surface area contributed by atoms with Crippen LogP contribution in [0.1, 0.15) is 5.71 Å². The van der Waals surface area contributed by atoms with Gasteiger partial charge in [-0.3, -0.25) is 0 Å². The molecular formula is H10AlBBaCaFeSi. The van der Waals surface area contributed by atoms with E-state index in [0.717, 1.165) is 10.1 Å². The first-order valence-corrected chi connectivity index (χ1v) is 1.73. The van der Waals surface area contributed by atoms with Gasteiger partial charge in [0.25, 0.3) is 0 Å². The first kappa shape index (κ1) is 32.0. The van der Waals surface area contributed by atoms with E-state index >= 15 is 0 Å². The Kier molecular flexibility index (Phi) is 188. The molecule has 0 aliphatic carbocycles.